The lowest BCUT2D eigenvalue weighted by Gasteiger charge is -2.25. The van der Waals surface area contributed by atoms with Crippen molar-refractivity contribution in [2.45, 2.75) is 20.8 Å². The van der Waals surface area contributed by atoms with Crippen molar-refractivity contribution in [1.82, 2.24) is 4.90 Å². The zero-order valence-corrected chi connectivity index (χ0v) is 10.1. The van der Waals surface area contributed by atoms with Crippen molar-refractivity contribution in [2.75, 3.05) is 33.0 Å². The molecule has 1 saturated heterocycles. The summed E-state index contributed by atoms with van der Waals surface area (Å²) >= 11 is 0. The summed E-state index contributed by atoms with van der Waals surface area (Å²) in [7, 11) is 0. The van der Waals surface area contributed by atoms with Gasteiger partial charge in [0.05, 0.1) is 19.8 Å². The molecular weight excluding hydrogens is 210 g/mol. The van der Waals surface area contributed by atoms with E-state index in [2.05, 4.69) is 20.8 Å². The minimum absolute atomic E-state index is 0.00892. The van der Waals surface area contributed by atoms with Crippen LogP contribution in [0, 0.1) is 5.41 Å². The number of ether oxygens (including phenoxy) is 2. The first kappa shape index (κ1) is 13.1. The molecule has 0 atom stereocenters. The highest BCUT2D eigenvalue weighted by Gasteiger charge is 2.26. The van der Waals surface area contributed by atoms with Gasteiger partial charge in [-0.15, -0.1) is 0 Å². The normalized spacial score (nSPS) is 18.1. The van der Waals surface area contributed by atoms with Gasteiger partial charge in [-0.2, -0.15) is 0 Å². The Bertz CT molecular complexity index is 254. The average molecular weight is 229 g/mol. The minimum atomic E-state index is -0.282. The molecule has 0 aliphatic carbocycles. The Morgan fingerprint density at radius 1 is 1.25 bits per heavy atom. The van der Waals surface area contributed by atoms with E-state index in [-0.39, 0.29) is 30.4 Å². The molecule has 0 aromatic rings. The van der Waals surface area contributed by atoms with Gasteiger partial charge in [-0.05, 0) is 5.41 Å². The molecule has 0 saturated carbocycles. The van der Waals surface area contributed by atoms with Gasteiger partial charge in [0, 0.05) is 0 Å². The van der Waals surface area contributed by atoms with E-state index in [1.165, 1.54) is 4.90 Å². The van der Waals surface area contributed by atoms with Crippen LogP contribution in [0.3, 0.4) is 0 Å². The number of carbonyl (C=O) groups is 2. The van der Waals surface area contributed by atoms with Gasteiger partial charge in [0.25, 0.3) is 11.8 Å². The van der Waals surface area contributed by atoms with E-state index in [1.54, 1.807) is 0 Å². The van der Waals surface area contributed by atoms with Crippen molar-refractivity contribution in [3.8, 4) is 0 Å². The van der Waals surface area contributed by atoms with Gasteiger partial charge in [0.1, 0.15) is 13.2 Å². The molecule has 1 fully saturated rings. The van der Waals surface area contributed by atoms with Crippen molar-refractivity contribution >= 4 is 11.8 Å². The van der Waals surface area contributed by atoms with E-state index in [4.69, 9.17) is 9.47 Å². The number of hydrogen-bond acceptors (Lipinski definition) is 4. The molecule has 1 heterocycles. The van der Waals surface area contributed by atoms with Crippen LogP contribution in [0.2, 0.25) is 0 Å². The Labute approximate surface area is 95.7 Å². The molecule has 1 aliphatic rings. The number of nitrogens with zero attached hydrogens (tertiary/aromatic N) is 1. The van der Waals surface area contributed by atoms with Crippen molar-refractivity contribution in [3.05, 3.63) is 0 Å². The fraction of sp³-hybridized carbons (Fsp3) is 0.818. The number of carbonyl (C=O) groups excluding carboxylic acids is 2. The third-order valence-corrected chi connectivity index (χ3v) is 2.05. The quantitative estimate of drug-likeness (QED) is 0.518. The van der Waals surface area contributed by atoms with Gasteiger partial charge in [-0.1, -0.05) is 20.8 Å². The fourth-order valence-corrected chi connectivity index (χ4v) is 1.30. The molecule has 0 unspecified atom stereocenters. The molecule has 16 heavy (non-hydrogen) atoms. The number of morpholine rings is 1. The van der Waals surface area contributed by atoms with Crippen LogP contribution in [0.4, 0.5) is 0 Å². The summed E-state index contributed by atoms with van der Waals surface area (Å²) < 4.78 is 10.2. The van der Waals surface area contributed by atoms with Gasteiger partial charge in [-0.3, -0.25) is 14.5 Å². The zero-order chi connectivity index (χ0) is 12.2. The Morgan fingerprint density at radius 3 is 2.31 bits per heavy atom. The first-order chi connectivity index (χ1) is 7.40. The molecular formula is C11H19NO4. The maximum absolute atomic E-state index is 11.3. The molecule has 0 radical (unpaired) electrons. The molecule has 1 aliphatic heterocycles. The maximum atomic E-state index is 11.3. The van der Waals surface area contributed by atoms with Gasteiger partial charge in [0.2, 0.25) is 0 Å². The average Bonchev–Trinajstić information content (AvgIpc) is 2.14. The number of amides is 2. The number of rotatable bonds is 4. The first-order valence-corrected chi connectivity index (χ1v) is 5.39. The topological polar surface area (TPSA) is 55.8 Å². The summed E-state index contributed by atoms with van der Waals surface area (Å²) in [5.41, 5.74) is 0.0963. The smallest absolute Gasteiger partial charge is 0.255 e. The predicted octanol–water partition coefficient (Wildman–Crippen LogP) is 0.434. The molecule has 5 heteroatoms. The Balaban J connectivity index is 2.26. The lowest BCUT2D eigenvalue weighted by atomic mass is 9.99. The molecule has 0 aromatic carbocycles. The lowest BCUT2D eigenvalue weighted by molar-refractivity contribution is -0.159. The molecule has 92 valence electrons. The van der Waals surface area contributed by atoms with Gasteiger partial charge in [0.15, 0.2) is 0 Å². The van der Waals surface area contributed by atoms with Gasteiger partial charge in [-0.25, -0.2) is 0 Å². The number of hydrogen-bond donors (Lipinski definition) is 0. The van der Waals surface area contributed by atoms with Gasteiger partial charge >= 0.3 is 0 Å². The second kappa shape index (κ2) is 5.41. The fourth-order valence-electron chi connectivity index (χ4n) is 1.30. The van der Waals surface area contributed by atoms with Crippen molar-refractivity contribution in [2.24, 2.45) is 5.41 Å². The summed E-state index contributed by atoms with van der Waals surface area (Å²) in [6.07, 6.45) is 0. The van der Waals surface area contributed by atoms with Gasteiger partial charge < -0.3 is 9.47 Å². The highest BCUT2D eigenvalue weighted by Crippen LogP contribution is 2.12. The van der Waals surface area contributed by atoms with Crippen LogP contribution in [-0.2, 0) is 19.1 Å². The molecule has 0 aromatic heterocycles. The molecule has 0 N–H and O–H groups in total. The van der Waals surface area contributed by atoms with Crippen molar-refractivity contribution < 1.29 is 19.1 Å². The Morgan fingerprint density at radius 2 is 1.81 bits per heavy atom. The van der Waals surface area contributed by atoms with Crippen LogP contribution in [0.1, 0.15) is 20.8 Å². The van der Waals surface area contributed by atoms with Crippen LogP contribution < -0.4 is 0 Å². The summed E-state index contributed by atoms with van der Waals surface area (Å²) in [5, 5.41) is 0. The van der Waals surface area contributed by atoms with Crippen LogP contribution in [0.25, 0.3) is 0 Å². The number of imide groups is 1. The summed E-state index contributed by atoms with van der Waals surface area (Å²) in [4.78, 5) is 23.8. The SMILES string of the molecule is CC(C)(C)COCCN1C(=O)COCC1=O. The van der Waals surface area contributed by atoms with Crippen LogP contribution in [0.15, 0.2) is 0 Å². The highest BCUT2D eigenvalue weighted by atomic mass is 16.5. The monoisotopic (exact) mass is 229 g/mol. The summed E-state index contributed by atoms with van der Waals surface area (Å²) in [6, 6.07) is 0. The minimum Gasteiger partial charge on any atom is -0.379 e. The van der Waals surface area contributed by atoms with E-state index in [1.807, 2.05) is 0 Å². The molecule has 0 bridgehead atoms. The lowest BCUT2D eigenvalue weighted by Crippen LogP contribution is -2.47. The van der Waals surface area contributed by atoms with Crippen LogP contribution >= 0.6 is 0 Å². The third kappa shape index (κ3) is 4.28. The van der Waals surface area contributed by atoms with E-state index in [9.17, 15) is 9.59 Å². The summed E-state index contributed by atoms with van der Waals surface area (Å²) in [5.74, 6) is -0.564. The van der Waals surface area contributed by atoms with Crippen LogP contribution in [0.5, 0.6) is 0 Å². The maximum Gasteiger partial charge on any atom is 0.255 e. The molecule has 5 nitrogen and oxygen atoms in total. The molecule has 0 spiro atoms. The van der Waals surface area contributed by atoms with E-state index < -0.39 is 0 Å². The van der Waals surface area contributed by atoms with Crippen LogP contribution in [-0.4, -0.2) is 49.7 Å². The Hall–Kier alpha value is -0.940. The molecule has 1 rings (SSSR count). The van der Waals surface area contributed by atoms with Crippen molar-refractivity contribution in [3.63, 3.8) is 0 Å². The highest BCUT2D eigenvalue weighted by molar-refractivity contribution is 5.98. The van der Waals surface area contributed by atoms with E-state index in [0.717, 1.165) is 0 Å². The standard InChI is InChI=1S/C11H19NO4/c1-11(2,3)8-15-5-4-12-9(13)6-16-7-10(12)14/h4-8H2,1-3H3. The summed E-state index contributed by atoms with van der Waals surface area (Å²) in [6.45, 7) is 7.50. The zero-order valence-electron chi connectivity index (χ0n) is 10.1. The predicted molar refractivity (Wildman–Crippen MR) is 57.8 cm³/mol. The first-order valence-electron chi connectivity index (χ1n) is 5.39. The second-order valence-electron chi connectivity index (χ2n) is 5.05. The second-order valence-corrected chi connectivity index (χ2v) is 5.05. The van der Waals surface area contributed by atoms with E-state index in [0.29, 0.717) is 19.8 Å². The van der Waals surface area contributed by atoms with Crippen molar-refractivity contribution in [1.29, 1.82) is 0 Å². The van der Waals surface area contributed by atoms with E-state index >= 15 is 0 Å². The third-order valence-electron chi connectivity index (χ3n) is 2.05. The largest absolute Gasteiger partial charge is 0.379 e. The Kier molecular flexibility index (Phi) is 4.44. The molecule has 2 amide bonds.